The molecule has 1 aromatic carbocycles. The maximum Gasteiger partial charge on any atom is 0.276 e. The molecule has 0 aliphatic carbocycles. The maximum atomic E-state index is 12.4. The van der Waals surface area contributed by atoms with Gasteiger partial charge in [-0.2, -0.15) is 0 Å². The maximum absolute atomic E-state index is 12.4. The number of benzene rings is 1. The molecule has 23 heavy (non-hydrogen) atoms. The Kier molecular flexibility index (Phi) is 4.71. The van der Waals surface area contributed by atoms with Gasteiger partial charge in [0.05, 0.1) is 10.9 Å². The molecule has 0 saturated carbocycles. The Bertz CT molecular complexity index is 844. The standard InChI is InChI=1S/C16H12Cl2N2O2S/c1-20(9-12-5-6-15(18)23-12)16(21)13-8-14(22-19-13)10-3-2-4-11(17)7-10/h2-8H,9H2,1H3. The fourth-order valence-corrected chi connectivity index (χ4v) is 3.42. The molecular weight excluding hydrogens is 355 g/mol. The third-order valence-corrected chi connectivity index (χ3v) is 4.66. The molecule has 3 aromatic rings. The summed E-state index contributed by atoms with van der Waals surface area (Å²) in [5.41, 5.74) is 1.03. The van der Waals surface area contributed by atoms with E-state index in [1.807, 2.05) is 24.3 Å². The van der Waals surface area contributed by atoms with E-state index in [0.29, 0.717) is 21.7 Å². The molecule has 7 heteroatoms. The van der Waals surface area contributed by atoms with Crippen LogP contribution in [0.15, 0.2) is 47.0 Å². The number of carbonyl (C=O) groups is 1. The summed E-state index contributed by atoms with van der Waals surface area (Å²) in [6, 6.07) is 12.5. The molecule has 0 bridgehead atoms. The van der Waals surface area contributed by atoms with E-state index in [4.69, 9.17) is 27.7 Å². The molecule has 118 valence electrons. The summed E-state index contributed by atoms with van der Waals surface area (Å²) in [7, 11) is 1.71. The van der Waals surface area contributed by atoms with Crippen LogP contribution in [0.4, 0.5) is 0 Å². The molecule has 0 radical (unpaired) electrons. The fraction of sp³-hybridized carbons (Fsp3) is 0.125. The quantitative estimate of drug-likeness (QED) is 0.653. The summed E-state index contributed by atoms with van der Waals surface area (Å²) in [4.78, 5) is 15.0. The van der Waals surface area contributed by atoms with E-state index >= 15 is 0 Å². The zero-order valence-corrected chi connectivity index (χ0v) is 14.5. The van der Waals surface area contributed by atoms with Crippen molar-refractivity contribution in [2.75, 3.05) is 7.05 Å². The first-order valence-electron chi connectivity index (χ1n) is 6.75. The Morgan fingerprint density at radius 3 is 2.78 bits per heavy atom. The van der Waals surface area contributed by atoms with Gasteiger partial charge >= 0.3 is 0 Å². The highest BCUT2D eigenvalue weighted by Crippen LogP contribution is 2.25. The van der Waals surface area contributed by atoms with Crippen LogP contribution in [0.25, 0.3) is 11.3 Å². The van der Waals surface area contributed by atoms with E-state index in [1.54, 1.807) is 30.1 Å². The molecule has 3 rings (SSSR count). The van der Waals surface area contributed by atoms with Crippen molar-refractivity contribution in [2.24, 2.45) is 0 Å². The number of aromatic nitrogens is 1. The second-order valence-corrected chi connectivity index (χ2v) is 7.19. The van der Waals surface area contributed by atoms with Crippen LogP contribution in [0.2, 0.25) is 9.36 Å². The van der Waals surface area contributed by atoms with Crippen molar-refractivity contribution in [2.45, 2.75) is 6.54 Å². The van der Waals surface area contributed by atoms with Crippen LogP contribution in [0, 0.1) is 0 Å². The molecule has 0 N–H and O–H groups in total. The van der Waals surface area contributed by atoms with E-state index in [1.165, 1.54) is 11.3 Å². The van der Waals surface area contributed by atoms with Gasteiger partial charge in [-0.25, -0.2) is 0 Å². The largest absolute Gasteiger partial charge is 0.355 e. The van der Waals surface area contributed by atoms with Gasteiger partial charge in [0.1, 0.15) is 0 Å². The fourth-order valence-electron chi connectivity index (χ4n) is 2.09. The third-order valence-electron chi connectivity index (χ3n) is 3.21. The number of nitrogens with zero attached hydrogens (tertiary/aromatic N) is 2. The molecule has 2 heterocycles. The Hall–Kier alpha value is -1.82. The van der Waals surface area contributed by atoms with Crippen LogP contribution in [-0.2, 0) is 6.54 Å². The second-order valence-electron chi connectivity index (χ2n) is 4.95. The lowest BCUT2D eigenvalue weighted by molar-refractivity contribution is 0.0776. The van der Waals surface area contributed by atoms with E-state index in [9.17, 15) is 4.79 Å². The number of rotatable bonds is 4. The van der Waals surface area contributed by atoms with Crippen LogP contribution in [-0.4, -0.2) is 23.0 Å². The first kappa shape index (κ1) is 16.1. The van der Waals surface area contributed by atoms with Gasteiger partial charge in [-0.3, -0.25) is 4.79 Å². The highest BCUT2D eigenvalue weighted by atomic mass is 35.5. The van der Waals surface area contributed by atoms with Crippen molar-refractivity contribution in [3.05, 3.63) is 62.4 Å². The minimum Gasteiger partial charge on any atom is -0.355 e. The van der Waals surface area contributed by atoms with Crippen molar-refractivity contribution in [1.29, 1.82) is 0 Å². The van der Waals surface area contributed by atoms with Crippen molar-refractivity contribution in [1.82, 2.24) is 10.1 Å². The Morgan fingerprint density at radius 2 is 2.09 bits per heavy atom. The molecule has 2 aromatic heterocycles. The average Bonchev–Trinajstić information content (AvgIpc) is 3.16. The highest BCUT2D eigenvalue weighted by Gasteiger charge is 2.18. The molecular formula is C16H12Cl2N2O2S. The van der Waals surface area contributed by atoms with Crippen molar-refractivity contribution in [3.8, 4) is 11.3 Å². The van der Waals surface area contributed by atoms with Gasteiger partial charge < -0.3 is 9.42 Å². The highest BCUT2D eigenvalue weighted by molar-refractivity contribution is 7.16. The van der Waals surface area contributed by atoms with Crippen LogP contribution < -0.4 is 0 Å². The molecule has 4 nitrogen and oxygen atoms in total. The number of halogens is 2. The number of hydrogen-bond donors (Lipinski definition) is 0. The van der Waals surface area contributed by atoms with E-state index in [-0.39, 0.29) is 11.6 Å². The van der Waals surface area contributed by atoms with Crippen LogP contribution in [0.1, 0.15) is 15.4 Å². The van der Waals surface area contributed by atoms with Crippen LogP contribution >= 0.6 is 34.5 Å². The normalized spacial score (nSPS) is 10.7. The number of amides is 1. The van der Waals surface area contributed by atoms with Crippen LogP contribution in [0.5, 0.6) is 0 Å². The first-order valence-corrected chi connectivity index (χ1v) is 8.32. The van der Waals surface area contributed by atoms with Crippen molar-refractivity contribution in [3.63, 3.8) is 0 Å². The number of hydrogen-bond acceptors (Lipinski definition) is 4. The van der Waals surface area contributed by atoms with E-state index in [2.05, 4.69) is 5.16 Å². The zero-order valence-electron chi connectivity index (χ0n) is 12.1. The minimum absolute atomic E-state index is 0.216. The van der Waals surface area contributed by atoms with Gasteiger partial charge in [0, 0.05) is 28.6 Å². The van der Waals surface area contributed by atoms with Crippen LogP contribution in [0.3, 0.4) is 0 Å². The van der Waals surface area contributed by atoms with Gasteiger partial charge in [-0.1, -0.05) is 40.5 Å². The summed E-state index contributed by atoms with van der Waals surface area (Å²) >= 11 is 13.3. The lowest BCUT2D eigenvalue weighted by Crippen LogP contribution is -2.26. The first-order chi connectivity index (χ1) is 11.0. The molecule has 0 unspecified atom stereocenters. The molecule has 0 fully saturated rings. The van der Waals surface area contributed by atoms with Gasteiger partial charge in [-0.05, 0) is 24.3 Å². The molecule has 0 aliphatic heterocycles. The molecule has 0 spiro atoms. The lowest BCUT2D eigenvalue weighted by atomic mass is 10.1. The lowest BCUT2D eigenvalue weighted by Gasteiger charge is -2.13. The monoisotopic (exact) mass is 366 g/mol. The second kappa shape index (κ2) is 6.74. The minimum atomic E-state index is -0.216. The van der Waals surface area contributed by atoms with E-state index < -0.39 is 0 Å². The number of thiophene rings is 1. The molecule has 0 aliphatic rings. The Morgan fingerprint density at radius 1 is 1.26 bits per heavy atom. The Labute approximate surface area is 147 Å². The molecule has 1 amide bonds. The summed E-state index contributed by atoms with van der Waals surface area (Å²) in [5.74, 6) is 0.287. The summed E-state index contributed by atoms with van der Waals surface area (Å²) in [6.45, 7) is 0.468. The Balaban J connectivity index is 1.75. The van der Waals surface area contributed by atoms with Crippen molar-refractivity contribution >= 4 is 40.4 Å². The van der Waals surface area contributed by atoms with Gasteiger partial charge in [0.2, 0.25) is 0 Å². The predicted molar refractivity (Wildman–Crippen MR) is 92.1 cm³/mol. The SMILES string of the molecule is CN(Cc1ccc(Cl)s1)C(=O)c1cc(-c2cccc(Cl)c2)on1. The molecule has 0 saturated heterocycles. The summed E-state index contributed by atoms with van der Waals surface area (Å²) in [6.07, 6.45) is 0. The number of carbonyl (C=O) groups excluding carboxylic acids is 1. The third kappa shape index (κ3) is 3.75. The van der Waals surface area contributed by atoms with E-state index in [0.717, 1.165) is 10.4 Å². The van der Waals surface area contributed by atoms with Gasteiger partial charge in [0.15, 0.2) is 11.5 Å². The average molecular weight is 367 g/mol. The predicted octanol–water partition coefficient (Wildman–Crippen LogP) is 4.98. The summed E-state index contributed by atoms with van der Waals surface area (Å²) in [5, 5.41) is 4.45. The zero-order chi connectivity index (χ0) is 16.4. The smallest absolute Gasteiger partial charge is 0.276 e. The topological polar surface area (TPSA) is 46.3 Å². The van der Waals surface area contributed by atoms with Gasteiger partial charge in [0.25, 0.3) is 5.91 Å². The van der Waals surface area contributed by atoms with Gasteiger partial charge in [-0.15, -0.1) is 11.3 Å². The molecule has 0 atom stereocenters. The summed E-state index contributed by atoms with van der Waals surface area (Å²) < 4.78 is 5.96. The van der Waals surface area contributed by atoms with Crippen molar-refractivity contribution < 1.29 is 9.32 Å².